The minimum atomic E-state index is -0.816. The van der Waals surface area contributed by atoms with Crippen LogP contribution in [0.5, 0.6) is 5.75 Å². The van der Waals surface area contributed by atoms with Crippen LogP contribution in [-0.2, 0) is 0 Å². The molecule has 1 aromatic heterocycles. The van der Waals surface area contributed by atoms with Gasteiger partial charge in [-0.15, -0.1) is 11.3 Å². The van der Waals surface area contributed by atoms with Crippen molar-refractivity contribution in [1.82, 2.24) is 0 Å². The topological polar surface area (TPSA) is 49.7 Å². The highest BCUT2D eigenvalue weighted by Gasteiger charge is 2.07. The highest BCUT2D eigenvalue weighted by atomic mass is 32.1. The number of aliphatic hydroxyl groups excluding tert-OH is 2. The van der Waals surface area contributed by atoms with Crippen molar-refractivity contribution < 1.29 is 14.9 Å². The molecule has 0 aliphatic rings. The van der Waals surface area contributed by atoms with Gasteiger partial charge in [0, 0.05) is 15.5 Å². The van der Waals surface area contributed by atoms with Gasteiger partial charge in [-0.2, -0.15) is 0 Å². The first kappa shape index (κ1) is 10.4. The lowest BCUT2D eigenvalue weighted by molar-refractivity contribution is 0.0542. The van der Waals surface area contributed by atoms with Crippen molar-refractivity contribution in [3.63, 3.8) is 0 Å². The summed E-state index contributed by atoms with van der Waals surface area (Å²) in [5, 5.41) is 20.8. The zero-order valence-electron chi connectivity index (χ0n) is 8.09. The van der Waals surface area contributed by atoms with E-state index in [0.29, 0.717) is 0 Å². The number of aliphatic hydroxyl groups is 2. The van der Waals surface area contributed by atoms with E-state index < -0.39 is 6.10 Å². The number of fused-ring (bicyclic) bond motifs is 1. The molecule has 0 fully saturated rings. The second kappa shape index (κ2) is 4.61. The monoisotopic (exact) mass is 224 g/mol. The van der Waals surface area contributed by atoms with E-state index in [0.717, 1.165) is 15.8 Å². The molecular formula is C11H12O3S. The maximum atomic E-state index is 9.16. The zero-order valence-corrected chi connectivity index (χ0v) is 8.91. The Hall–Kier alpha value is -1.10. The Morgan fingerprint density at radius 1 is 1.33 bits per heavy atom. The maximum Gasteiger partial charge on any atom is 0.137 e. The Morgan fingerprint density at radius 2 is 2.13 bits per heavy atom. The second-order valence-corrected chi connectivity index (χ2v) is 4.15. The summed E-state index contributed by atoms with van der Waals surface area (Å²) in [7, 11) is 0. The van der Waals surface area contributed by atoms with Crippen LogP contribution in [0.15, 0.2) is 29.6 Å². The Bertz CT molecular complexity index is 438. The van der Waals surface area contributed by atoms with Gasteiger partial charge in [-0.05, 0) is 12.1 Å². The highest BCUT2D eigenvalue weighted by molar-refractivity contribution is 7.17. The van der Waals surface area contributed by atoms with Crippen LogP contribution in [0, 0.1) is 0 Å². The summed E-state index contributed by atoms with van der Waals surface area (Å²) in [5.74, 6) is 0.767. The van der Waals surface area contributed by atoms with Crippen LogP contribution in [0.1, 0.15) is 0 Å². The number of thiophene rings is 1. The average Bonchev–Trinajstić information content (AvgIpc) is 2.69. The molecule has 15 heavy (non-hydrogen) atoms. The molecule has 0 aliphatic carbocycles. The van der Waals surface area contributed by atoms with Crippen LogP contribution < -0.4 is 4.74 Å². The van der Waals surface area contributed by atoms with E-state index in [9.17, 15) is 0 Å². The summed E-state index contributed by atoms with van der Waals surface area (Å²) in [5.41, 5.74) is 0. The van der Waals surface area contributed by atoms with Gasteiger partial charge in [0.1, 0.15) is 18.5 Å². The third-order valence-corrected chi connectivity index (χ3v) is 3.03. The van der Waals surface area contributed by atoms with Gasteiger partial charge >= 0.3 is 0 Å². The fraction of sp³-hybridized carbons (Fsp3) is 0.273. The highest BCUT2D eigenvalue weighted by Crippen LogP contribution is 2.31. The van der Waals surface area contributed by atoms with Gasteiger partial charge in [0.25, 0.3) is 0 Å². The quantitative estimate of drug-likeness (QED) is 0.830. The molecule has 0 amide bonds. The number of ether oxygens (including phenoxy) is 1. The lowest BCUT2D eigenvalue weighted by Crippen LogP contribution is -2.21. The molecule has 1 atom stereocenters. The largest absolute Gasteiger partial charge is 0.489 e. The minimum Gasteiger partial charge on any atom is -0.489 e. The van der Waals surface area contributed by atoms with E-state index in [2.05, 4.69) is 0 Å². The molecule has 2 aromatic rings. The molecule has 2 N–H and O–H groups in total. The van der Waals surface area contributed by atoms with E-state index in [4.69, 9.17) is 14.9 Å². The molecule has 3 nitrogen and oxygen atoms in total. The normalized spacial score (nSPS) is 12.9. The number of hydrogen-bond donors (Lipinski definition) is 2. The van der Waals surface area contributed by atoms with Crippen molar-refractivity contribution in [1.29, 1.82) is 0 Å². The van der Waals surface area contributed by atoms with Crippen LogP contribution in [0.25, 0.3) is 10.1 Å². The van der Waals surface area contributed by atoms with Crippen LogP contribution in [0.2, 0.25) is 0 Å². The molecule has 0 saturated carbocycles. The lowest BCUT2D eigenvalue weighted by Gasteiger charge is -2.08. The minimum absolute atomic E-state index is 0.122. The predicted octanol–water partition coefficient (Wildman–Crippen LogP) is 1.63. The predicted molar refractivity (Wildman–Crippen MR) is 60.4 cm³/mol. The van der Waals surface area contributed by atoms with Crippen molar-refractivity contribution in [2.45, 2.75) is 6.10 Å². The van der Waals surface area contributed by atoms with Gasteiger partial charge in [0.05, 0.1) is 6.61 Å². The third kappa shape index (κ3) is 2.28. The fourth-order valence-corrected chi connectivity index (χ4v) is 2.19. The van der Waals surface area contributed by atoms with E-state index in [-0.39, 0.29) is 13.2 Å². The van der Waals surface area contributed by atoms with Gasteiger partial charge < -0.3 is 14.9 Å². The summed E-state index contributed by atoms with van der Waals surface area (Å²) in [6, 6.07) is 7.93. The molecule has 0 aliphatic heterocycles. The Labute approximate surface area is 91.6 Å². The summed E-state index contributed by atoms with van der Waals surface area (Å²) in [4.78, 5) is 0. The number of benzene rings is 1. The lowest BCUT2D eigenvalue weighted by atomic mass is 10.2. The molecule has 0 spiro atoms. The molecular weight excluding hydrogens is 212 g/mol. The van der Waals surface area contributed by atoms with Crippen LogP contribution >= 0.6 is 11.3 Å². The van der Waals surface area contributed by atoms with Gasteiger partial charge in [-0.25, -0.2) is 0 Å². The van der Waals surface area contributed by atoms with Crippen molar-refractivity contribution in [3.8, 4) is 5.75 Å². The van der Waals surface area contributed by atoms with Crippen molar-refractivity contribution in [2.24, 2.45) is 0 Å². The van der Waals surface area contributed by atoms with E-state index >= 15 is 0 Å². The van der Waals surface area contributed by atoms with E-state index in [1.807, 2.05) is 29.6 Å². The first-order valence-corrected chi connectivity index (χ1v) is 5.57. The second-order valence-electron chi connectivity index (χ2n) is 3.24. The standard InChI is InChI=1S/C11H12O3S/c12-5-8(13)6-14-10-7-15-11-4-2-1-3-9(10)11/h1-4,7-8,12-13H,5-6H2. The van der Waals surface area contributed by atoms with Crippen molar-refractivity contribution >= 4 is 21.4 Å². The van der Waals surface area contributed by atoms with Crippen LogP contribution in [-0.4, -0.2) is 29.5 Å². The van der Waals surface area contributed by atoms with Crippen LogP contribution in [0.3, 0.4) is 0 Å². The smallest absolute Gasteiger partial charge is 0.137 e. The summed E-state index contributed by atoms with van der Waals surface area (Å²) in [6.45, 7) is -0.153. The molecule has 2 rings (SSSR count). The Balaban J connectivity index is 2.14. The molecule has 1 unspecified atom stereocenters. The molecule has 80 valence electrons. The van der Waals surface area contributed by atoms with Crippen molar-refractivity contribution in [2.75, 3.05) is 13.2 Å². The molecule has 1 aromatic carbocycles. The summed E-state index contributed by atoms with van der Waals surface area (Å²) in [6.07, 6.45) is -0.816. The van der Waals surface area contributed by atoms with Gasteiger partial charge in [-0.3, -0.25) is 0 Å². The van der Waals surface area contributed by atoms with E-state index in [1.54, 1.807) is 11.3 Å². The molecule has 1 heterocycles. The number of rotatable bonds is 4. The summed E-state index contributed by atoms with van der Waals surface area (Å²) < 4.78 is 6.57. The third-order valence-electron chi connectivity index (χ3n) is 2.09. The molecule has 0 bridgehead atoms. The first-order valence-electron chi connectivity index (χ1n) is 4.69. The van der Waals surface area contributed by atoms with Gasteiger partial charge in [0.2, 0.25) is 0 Å². The Morgan fingerprint density at radius 3 is 2.93 bits per heavy atom. The zero-order chi connectivity index (χ0) is 10.7. The Kier molecular flexibility index (Phi) is 3.20. The maximum absolute atomic E-state index is 9.16. The number of hydrogen-bond acceptors (Lipinski definition) is 4. The fourth-order valence-electron chi connectivity index (χ4n) is 1.30. The van der Waals surface area contributed by atoms with Crippen molar-refractivity contribution in [3.05, 3.63) is 29.6 Å². The average molecular weight is 224 g/mol. The molecule has 0 saturated heterocycles. The SMILES string of the molecule is OCC(O)COc1csc2ccccc12. The molecule has 4 heteroatoms. The summed E-state index contributed by atoms with van der Waals surface area (Å²) >= 11 is 1.60. The van der Waals surface area contributed by atoms with E-state index in [1.165, 1.54) is 0 Å². The van der Waals surface area contributed by atoms with Crippen LogP contribution in [0.4, 0.5) is 0 Å². The molecule has 0 radical (unpaired) electrons. The van der Waals surface area contributed by atoms with Gasteiger partial charge in [-0.1, -0.05) is 12.1 Å². The first-order chi connectivity index (χ1) is 7.31. The van der Waals surface area contributed by atoms with Gasteiger partial charge in [0.15, 0.2) is 0 Å².